The van der Waals surface area contributed by atoms with Gasteiger partial charge in [0.25, 0.3) is 0 Å². The molecule has 1 atom stereocenters. The lowest BCUT2D eigenvalue weighted by atomic mass is 9.95. The Labute approximate surface area is 112 Å². The molecule has 0 fully saturated rings. The van der Waals surface area contributed by atoms with E-state index in [2.05, 4.69) is 17.4 Å². The summed E-state index contributed by atoms with van der Waals surface area (Å²) in [7, 11) is 1.95. The molecule has 0 saturated carbocycles. The van der Waals surface area contributed by atoms with Crippen LogP contribution in [0.15, 0.2) is 48.5 Å². The van der Waals surface area contributed by atoms with Crippen LogP contribution < -0.4 is 10.2 Å². The molecule has 0 aromatic heterocycles. The summed E-state index contributed by atoms with van der Waals surface area (Å²) < 4.78 is 13.9. The summed E-state index contributed by atoms with van der Waals surface area (Å²) >= 11 is 0. The molecule has 0 amide bonds. The first-order valence-corrected chi connectivity index (χ1v) is 6.53. The third kappa shape index (κ3) is 2.22. The molecule has 98 valence electrons. The number of hydrogen-bond acceptors (Lipinski definition) is 2. The van der Waals surface area contributed by atoms with Gasteiger partial charge in [-0.2, -0.15) is 0 Å². The molecule has 1 aliphatic rings. The zero-order chi connectivity index (χ0) is 13.2. The molecular weight excluding hydrogens is 239 g/mol. The minimum Gasteiger partial charge on any atom is -0.364 e. The Morgan fingerprint density at radius 3 is 2.68 bits per heavy atom. The Balaban J connectivity index is 1.98. The van der Waals surface area contributed by atoms with Gasteiger partial charge in [-0.05, 0) is 23.3 Å². The van der Waals surface area contributed by atoms with Gasteiger partial charge in [-0.25, -0.2) is 4.39 Å². The zero-order valence-electron chi connectivity index (χ0n) is 10.9. The summed E-state index contributed by atoms with van der Waals surface area (Å²) in [6, 6.07) is 15.5. The second kappa shape index (κ2) is 5.02. The van der Waals surface area contributed by atoms with Gasteiger partial charge < -0.3 is 10.2 Å². The fraction of sp³-hybridized carbons (Fsp3) is 0.250. The molecule has 1 aliphatic heterocycles. The number of likely N-dealkylation sites (N-methyl/N-ethyl adjacent to an activating group) is 1. The van der Waals surface area contributed by atoms with E-state index in [1.54, 1.807) is 6.07 Å². The van der Waals surface area contributed by atoms with Crippen LogP contribution in [0.4, 0.5) is 10.1 Å². The van der Waals surface area contributed by atoms with Crippen molar-refractivity contribution < 1.29 is 4.39 Å². The van der Waals surface area contributed by atoms with Gasteiger partial charge in [-0.1, -0.05) is 36.4 Å². The molecule has 2 aromatic carbocycles. The maximum atomic E-state index is 13.9. The van der Waals surface area contributed by atoms with Gasteiger partial charge in [0.1, 0.15) is 5.82 Å². The van der Waals surface area contributed by atoms with E-state index >= 15 is 0 Å². The van der Waals surface area contributed by atoms with Crippen LogP contribution in [0.2, 0.25) is 0 Å². The summed E-state index contributed by atoms with van der Waals surface area (Å²) in [6.07, 6.45) is 0. The van der Waals surface area contributed by atoms with E-state index in [-0.39, 0.29) is 11.9 Å². The first kappa shape index (κ1) is 12.2. The number of rotatable bonds is 2. The quantitative estimate of drug-likeness (QED) is 0.888. The van der Waals surface area contributed by atoms with Crippen molar-refractivity contribution in [1.29, 1.82) is 0 Å². The molecule has 0 saturated heterocycles. The van der Waals surface area contributed by atoms with Gasteiger partial charge in [0.05, 0.1) is 11.7 Å². The van der Waals surface area contributed by atoms with Gasteiger partial charge in [-0.3, -0.25) is 0 Å². The monoisotopic (exact) mass is 256 g/mol. The van der Waals surface area contributed by atoms with E-state index in [0.29, 0.717) is 5.69 Å². The van der Waals surface area contributed by atoms with Gasteiger partial charge in [0.2, 0.25) is 0 Å². The molecule has 0 aliphatic carbocycles. The predicted molar refractivity (Wildman–Crippen MR) is 75.7 cm³/mol. The van der Waals surface area contributed by atoms with E-state index in [0.717, 1.165) is 13.1 Å². The molecule has 19 heavy (non-hydrogen) atoms. The van der Waals surface area contributed by atoms with Crippen LogP contribution in [-0.2, 0) is 6.54 Å². The van der Waals surface area contributed by atoms with Crippen LogP contribution in [0, 0.1) is 5.82 Å². The standard InChI is InChI=1S/C16H17FN2/c1-19(15-9-5-4-8-14(15)17)16-11-18-10-12-6-2-3-7-13(12)16/h2-9,16,18H,10-11H2,1H3. The third-order valence-corrected chi connectivity index (χ3v) is 3.77. The second-order valence-corrected chi connectivity index (χ2v) is 4.91. The van der Waals surface area contributed by atoms with E-state index < -0.39 is 0 Å². The summed E-state index contributed by atoms with van der Waals surface area (Å²) in [5.41, 5.74) is 3.22. The van der Waals surface area contributed by atoms with Crippen molar-refractivity contribution in [3.05, 3.63) is 65.5 Å². The molecule has 0 radical (unpaired) electrons. The van der Waals surface area contributed by atoms with Crippen molar-refractivity contribution in [2.24, 2.45) is 0 Å². The molecule has 2 nitrogen and oxygen atoms in total. The average molecular weight is 256 g/mol. The van der Waals surface area contributed by atoms with Crippen molar-refractivity contribution in [1.82, 2.24) is 5.32 Å². The normalized spacial score (nSPS) is 17.9. The fourth-order valence-electron chi connectivity index (χ4n) is 2.72. The van der Waals surface area contributed by atoms with Crippen molar-refractivity contribution in [2.75, 3.05) is 18.5 Å². The molecule has 0 bridgehead atoms. The van der Waals surface area contributed by atoms with Crippen LogP contribution >= 0.6 is 0 Å². The highest BCUT2D eigenvalue weighted by Crippen LogP contribution is 2.31. The van der Waals surface area contributed by atoms with Crippen LogP contribution in [-0.4, -0.2) is 13.6 Å². The third-order valence-electron chi connectivity index (χ3n) is 3.77. The molecule has 2 aromatic rings. The number of fused-ring (bicyclic) bond motifs is 1. The molecule has 0 spiro atoms. The number of halogens is 1. The number of nitrogens with zero attached hydrogens (tertiary/aromatic N) is 1. The highest BCUT2D eigenvalue weighted by atomic mass is 19.1. The van der Waals surface area contributed by atoms with E-state index in [1.807, 2.05) is 36.2 Å². The first-order chi connectivity index (χ1) is 9.27. The molecule has 1 unspecified atom stereocenters. The van der Waals surface area contributed by atoms with Gasteiger partial charge in [0.15, 0.2) is 0 Å². The van der Waals surface area contributed by atoms with Crippen molar-refractivity contribution in [3.8, 4) is 0 Å². The molecule has 1 heterocycles. The number of hydrogen-bond donors (Lipinski definition) is 1. The zero-order valence-corrected chi connectivity index (χ0v) is 10.9. The SMILES string of the molecule is CN(c1ccccc1F)C1CNCc2ccccc21. The Hall–Kier alpha value is -1.87. The molecule has 1 N–H and O–H groups in total. The van der Waals surface area contributed by atoms with Crippen LogP contribution in [0.25, 0.3) is 0 Å². The van der Waals surface area contributed by atoms with E-state index in [4.69, 9.17) is 0 Å². The number of nitrogens with one attached hydrogen (secondary N) is 1. The molecular formula is C16H17FN2. The van der Waals surface area contributed by atoms with Gasteiger partial charge in [-0.15, -0.1) is 0 Å². The molecule has 3 heteroatoms. The van der Waals surface area contributed by atoms with Crippen molar-refractivity contribution >= 4 is 5.69 Å². The van der Waals surface area contributed by atoms with Gasteiger partial charge in [0, 0.05) is 20.1 Å². The lowest BCUT2D eigenvalue weighted by Gasteiger charge is -2.35. The highest BCUT2D eigenvalue weighted by molar-refractivity contribution is 5.50. The lowest BCUT2D eigenvalue weighted by Crippen LogP contribution is -2.38. The number of para-hydroxylation sites is 1. The van der Waals surface area contributed by atoms with Crippen molar-refractivity contribution in [3.63, 3.8) is 0 Å². The summed E-state index contributed by atoms with van der Waals surface area (Å²) in [5.74, 6) is -0.173. The lowest BCUT2D eigenvalue weighted by molar-refractivity contribution is 0.525. The maximum absolute atomic E-state index is 13.9. The minimum absolute atomic E-state index is 0.168. The smallest absolute Gasteiger partial charge is 0.146 e. The summed E-state index contributed by atoms with van der Waals surface area (Å²) in [6.45, 7) is 1.72. The predicted octanol–water partition coefficient (Wildman–Crippen LogP) is 3.11. The second-order valence-electron chi connectivity index (χ2n) is 4.91. The Kier molecular flexibility index (Phi) is 3.22. The number of benzene rings is 2. The summed E-state index contributed by atoms with van der Waals surface area (Å²) in [5, 5.41) is 3.40. The first-order valence-electron chi connectivity index (χ1n) is 6.53. The van der Waals surface area contributed by atoms with Crippen LogP contribution in [0.3, 0.4) is 0 Å². The minimum atomic E-state index is -0.173. The van der Waals surface area contributed by atoms with E-state index in [1.165, 1.54) is 17.2 Å². The average Bonchev–Trinajstić information content (AvgIpc) is 2.46. The van der Waals surface area contributed by atoms with Crippen LogP contribution in [0.5, 0.6) is 0 Å². The largest absolute Gasteiger partial charge is 0.364 e. The van der Waals surface area contributed by atoms with Gasteiger partial charge >= 0.3 is 0 Å². The van der Waals surface area contributed by atoms with Crippen molar-refractivity contribution in [2.45, 2.75) is 12.6 Å². The van der Waals surface area contributed by atoms with E-state index in [9.17, 15) is 4.39 Å². The topological polar surface area (TPSA) is 15.3 Å². The summed E-state index contributed by atoms with van der Waals surface area (Å²) in [4.78, 5) is 2.01. The fourth-order valence-corrected chi connectivity index (χ4v) is 2.72. The number of anilines is 1. The Morgan fingerprint density at radius 1 is 1.11 bits per heavy atom. The Bertz CT molecular complexity index is 582. The van der Waals surface area contributed by atoms with Crippen LogP contribution in [0.1, 0.15) is 17.2 Å². The Morgan fingerprint density at radius 2 is 1.84 bits per heavy atom. The maximum Gasteiger partial charge on any atom is 0.146 e. The molecule has 3 rings (SSSR count). The highest BCUT2D eigenvalue weighted by Gasteiger charge is 2.24.